The Morgan fingerprint density at radius 3 is 2.57 bits per heavy atom. The molecule has 108 valence electrons. The third-order valence-electron chi connectivity index (χ3n) is 2.59. The molecule has 1 N–H and O–H groups in total. The van der Waals surface area contributed by atoms with E-state index in [-0.39, 0.29) is 5.56 Å². The summed E-state index contributed by atoms with van der Waals surface area (Å²) in [6.07, 6.45) is 0. The average molecular weight is 374 g/mol. The summed E-state index contributed by atoms with van der Waals surface area (Å²) in [7, 11) is 0. The number of amides is 1. The van der Waals surface area contributed by atoms with Gasteiger partial charge in [-0.25, -0.2) is 0 Å². The molecule has 0 spiro atoms. The van der Waals surface area contributed by atoms with Crippen molar-refractivity contribution in [3.63, 3.8) is 0 Å². The van der Waals surface area contributed by atoms with Crippen molar-refractivity contribution in [2.45, 2.75) is 0 Å². The zero-order chi connectivity index (χ0) is 15.6. The van der Waals surface area contributed by atoms with Crippen molar-refractivity contribution in [1.82, 2.24) is 0 Å². The van der Waals surface area contributed by atoms with Gasteiger partial charge in [0.2, 0.25) is 5.82 Å². The highest BCUT2D eigenvalue weighted by atomic mass is 79.9. The molecule has 5 nitrogen and oxygen atoms in total. The standard InChI is InChI=1S/C13H7BrClFN2O3/c14-9-6-8(15)2-3-11(9)17-13(19)7-1-4-12(18(20)21)10(16)5-7/h1-6H,(H,17,19). The van der Waals surface area contributed by atoms with E-state index in [4.69, 9.17) is 11.6 Å². The van der Waals surface area contributed by atoms with Gasteiger partial charge in [-0.15, -0.1) is 0 Å². The third kappa shape index (κ3) is 3.56. The van der Waals surface area contributed by atoms with E-state index in [9.17, 15) is 19.3 Å². The molecule has 0 aromatic heterocycles. The van der Waals surface area contributed by atoms with E-state index in [0.29, 0.717) is 15.2 Å². The molecule has 0 saturated heterocycles. The second-order valence-electron chi connectivity index (χ2n) is 4.00. The van der Waals surface area contributed by atoms with Crippen LogP contribution in [0.25, 0.3) is 0 Å². The first kappa shape index (κ1) is 15.4. The van der Waals surface area contributed by atoms with Gasteiger partial charge in [-0.1, -0.05) is 11.6 Å². The molecule has 21 heavy (non-hydrogen) atoms. The summed E-state index contributed by atoms with van der Waals surface area (Å²) in [5.74, 6) is -1.66. The van der Waals surface area contributed by atoms with Gasteiger partial charge < -0.3 is 5.32 Å². The molecule has 0 fully saturated rings. The Morgan fingerprint density at radius 2 is 2.00 bits per heavy atom. The number of nitrogens with zero attached hydrogens (tertiary/aromatic N) is 1. The lowest BCUT2D eigenvalue weighted by atomic mass is 10.2. The normalized spacial score (nSPS) is 10.2. The Hall–Kier alpha value is -1.99. The molecule has 1 amide bonds. The summed E-state index contributed by atoms with van der Waals surface area (Å²) in [6.45, 7) is 0. The Kier molecular flexibility index (Phi) is 4.54. The molecule has 2 aromatic rings. The molecule has 8 heteroatoms. The smallest absolute Gasteiger partial charge is 0.304 e. The summed E-state index contributed by atoms with van der Waals surface area (Å²) in [4.78, 5) is 21.6. The molecule has 0 bridgehead atoms. The van der Waals surface area contributed by atoms with E-state index in [1.165, 1.54) is 6.07 Å². The van der Waals surface area contributed by atoms with E-state index in [1.54, 1.807) is 18.2 Å². The van der Waals surface area contributed by atoms with Crippen molar-refractivity contribution >= 4 is 44.8 Å². The molecule has 2 aromatic carbocycles. The van der Waals surface area contributed by atoms with Gasteiger partial charge in [0.1, 0.15) is 0 Å². The Bertz CT molecular complexity index is 739. The summed E-state index contributed by atoms with van der Waals surface area (Å²) < 4.78 is 14.0. The first-order valence-corrected chi connectivity index (χ1v) is 6.76. The van der Waals surface area contributed by atoms with Crippen LogP contribution < -0.4 is 5.32 Å². The minimum absolute atomic E-state index is 0.0278. The molecule has 2 rings (SSSR count). The van der Waals surface area contributed by atoms with Crippen LogP contribution in [-0.2, 0) is 0 Å². The average Bonchev–Trinajstić information content (AvgIpc) is 2.41. The molecule has 0 aliphatic rings. The molecule has 0 saturated carbocycles. The van der Waals surface area contributed by atoms with E-state index in [1.807, 2.05) is 0 Å². The predicted molar refractivity (Wildman–Crippen MR) is 80.2 cm³/mol. The molecular weight excluding hydrogens is 367 g/mol. The monoisotopic (exact) mass is 372 g/mol. The lowest BCUT2D eigenvalue weighted by molar-refractivity contribution is -0.387. The fraction of sp³-hybridized carbons (Fsp3) is 0. The number of rotatable bonds is 3. The minimum Gasteiger partial charge on any atom is -0.321 e. The fourth-order valence-electron chi connectivity index (χ4n) is 1.58. The van der Waals surface area contributed by atoms with Crippen molar-refractivity contribution in [3.05, 3.63) is 67.4 Å². The topological polar surface area (TPSA) is 72.2 Å². The number of halogens is 3. The van der Waals surface area contributed by atoms with Gasteiger partial charge in [0.05, 0.1) is 10.6 Å². The van der Waals surface area contributed by atoms with E-state index >= 15 is 0 Å². The van der Waals surface area contributed by atoms with Crippen LogP contribution in [0.2, 0.25) is 5.02 Å². The number of nitrogens with one attached hydrogen (secondary N) is 1. The van der Waals surface area contributed by atoms with Crippen LogP contribution in [-0.4, -0.2) is 10.8 Å². The molecule has 0 aliphatic heterocycles. The van der Waals surface area contributed by atoms with Gasteiger partial charge in [0.15, 0.2) is 0 Å². The van der Waals surface area contributed by atoms with Crippen LogP contribution in [0.1, 0.15) is 10.4 Å². The molecular formula is C13H7BrClFN2O3. The maximum absolute atomic E-state index is 13.5. The minimum atomic E-state index is -1.07. The lowest BCUT2D eigenvalue weighted by Crippen LogP contribution is -2.12. The van der Waals surface area contributed by atoms with Crippen molar-refractivity contribution < 1.29 is 14.1 Å². The number of carbonyl (C=O) groups excluding carboxylic acids is 1. The van der Waals surface area contributed by atoms with Crippen LogP contribution in [0.5, 0.6) is 0 Å². The first-order valence-electron chi connectivity index (χ1n) is 5.59. The van der Waals surface area contributed by atoms with Gasteiger partial charge in [-0.05, 0) is 46.3 Å². The fourth-order valence-corrected chi connectivity index (χ4v) is 2.36. The van der Waals surface area contributed by atoms with E-state index in [0.717, 1.165) is 12.1 Å². The number of hydrogen-bond donors (Lipinski definition) is 1. The van der Waals surface area contributed by atoms with E-state index in [2.05, 4.69) is 21.2 Å². The molecule has 0 aliphatic carbocycles. The number of anilines is 1. The van der Waals surface area contributed by atoms with Crippen molar-refractivity contribution in [2.75, 3.05) is 5.32 Å². The van der Waals surface area contributed by atoms with Crippen LogP contribution in [0.3, 0.4) is 0 Å². The van der Waals surface area contributed by atoms with Gasteiger partial charge in [-0.3, -0.25) is 14.9 Å². The first-order chi connectivity index (χ1) is 9.88. The van der Waals surface area contributed by atoms with Crippen molar-refractivity contribution in [1.29, 1.82) is 0 Å². The van der Waals surface area contributed by atoms with E-state index < -0.39 is 22.3 Å². The summed E-state index contributed by atoms with van der Waals surface area (Å²) in [5.41, 5.74) is -0.262. The van der Waals surface area contributed by atoms with Gasteiger partial charge in [0, 0.05) is 21.1 Å². The molecule has 0 radical (unpaired) electrons. The molecule has 0 unspecified atom stereocenters. The Morgan fingerprint density at radius 1 is 1.29 bits per heavy atom. The summed E-state index contributed by atoms with van der Waals surface area (Å²) in [6, 6.07) is 7.69. The maximum atomic E-state index is 13.5. The van der Waals surface area contributed by atoms with Crippen LogP contribution >= 0.6 is 27.5 Å². The summed E-state index contributed by atoms with van der Waals surface area (Å²) >= 11 is 9.01. The van der Waals surface area contributed by atoms with Crippen LogP contribution in [0.4, 0.5) is 15.8 Å². The SMILES string of the molecule is O=C(Nc1ccc(Cl)cc1Br)c1ccc([N+](=O)[O-])c(F)c1. The molecule has 0 heterocycles. The Balaban J connectivity index is 2.24. The number of nitro benzene ring substituents is 1. The highest BCUT2D eigenvalue weighted by Crippen LogP contribution is 2.26. The zero-order valence-corrected chi connectivity index (χ0v) is 12.6. The molecule has 0 atom stereocenters. The maximum Gasteiger partial charge on any atom is 0.304 e. The number of benzene rings is 2. The Labute approximate surface area is 132 Å². The van der Waals surface area contributed by atoms with Crippen LogP contribution in [0.15, 0.2) is 40.9 Å². The third-order valence-corrected chi connectivity index (χ3v) is 3.48. The number of nitro groups is 1. The summed E-state index contributed by atoms with van der Waals surface area (Å²) in [5, 5.41) is 13.6. The largest absolute Gasteiger partial charge is 0.321 e. The van der Waals surface area contributed by atoms with Gasteiger partial charge in [-0.2, -0.15) is 4.39 Å². The van der Waals surface area contributed by atoms with Gasteiger partial charge >= 0.3 is 5.69 Å². The second kappa shape index (κ2) is 6.19. The quantitative estimate of drug-likeness (QED) is 0.640. The highest BCUT2D eigenvalue weighted by Gasteiger charge is 2.17. The zero-order valence-electron chi connectivity index (χ0n) is 10.3. The predicted octanol–water partition coefficient (Wildman–Crippen LogP) is 4.40. The lowest BCUT2D eigenvalue weighted by Gasteiger charge is -2.08. The van der Waals surface area contributed by atoms with Crippen molar-refractivity contribution in [2.24, 2.45) is 0 Å². The number of carbonyl (C=O) groups is 1. The van der Waals surface area contributed by atoms with Crippen LogP contribution in [0, 0.1) is 15.9 Å². The number of hydrogen-bond acceptors (Lipinski definition) is 3. The highest BCUT2D eigenvalue weighted by molar-refractivity contribution is 9.10. The second-order valence-corrected chi connectivity index (χ2v) is 5.29. The van der Waals surface area contributed by atoms with Crippen molar-refractivity contribution in [3.8, 4) is 0 Å². The van der Waals surface area contributed by atoms with Gasteiger partial charge in [0.25, 0.3) is 5.91 Å².